The molecule has 0 radical (unpaired) electrons. The minimum absolute atomic E-state index is 0.0396. The average Bonchev–Trinajstić information content (AvgIpc) is 3.09. The van der Waals surface area contributed by atoms with Crippen LogP contribution in [0.4, 0.5) is 19.2 Å². The number of carbonyl (C=O) groups is 1. The van der Waals surface area contributed by atoms with Crippen LogP contribution < -0.4 is 5.32 Å². The molecule has 0 saturated heterocycles. The van der Waals surface area contributed by atoms with Crippen molar-refractivity contribution in [2.24, 2.45) is 0 Å². The number of anilines is 1. The fraction of sp³-hybridized carbons (Fsp3) is 0.118. The van der Waals surface area contributed by atoms with Crippen molar-refractivity contribution in [1.82, 2.24) is 10.2 Å². The number of hydrogen-bond donors (Lipinski definition) is 1. The van der Waals surface area contributed by atoms with Gasteiger partial charge in [0.05, 0.1) is 10.5 Å². The standard InChI is InChI=1S/C17H12F3N3O4S/c1-28(25,26)13-7-3-5-11(9-13)15-22-23-16(27-15)21-14(24)10-4-2-6-12(8-10)17(18,19)20/h2-9H,1H3,(H,21,23,24). The Kier molecular flexibility index (Phi) is 4.94. The Labute approximate surface area is 157 Å². The third-order valence-electron chi connectivity index (χ3n) is 3.61. The lowest BCUT2D eigenvalue weighted by atomic mass is 10.1. The normalized spacial score (nSPS) is 12.0. The molecule has 1 heterocycles. The van der Waals surface area contributed by atoms with Crippen LogP contribution in [0.25, 0.3) is 11.5 Å². The van der Waals surface area contributed by atoms with E-state index in [4.69, 9.17) is 4.42 Å². The van der Waals surface area contributed by atoms with Crippen molar-refractivity contribution in [1.29, 1.82) is 0 Å². The molecule has 3 rings (SSSR count). The fourth-order valence-corrected chi connectivity index (χ4v) is 2.92. The first kappa shape index (κ1) is 19.5. The van der Waals surface area contributed by atoms with Crippen molar-refractivity contribution in [3.8, 4) is 11.5 Å². The molecule has 0 saturated carbocycles. The number of halogens is 3. The number of nitrogens with zero attached hydrogens (tertiary/aromatic N) is 2. The third-order valence-corrected chi connectivity index (χ3v) is 4.72. The van der Waals surface area contributed by atoms with E-state index in [-0.39, 0.29) is 22.4 Å². The molecule has 0 spiro atoms. The highest BCUT2D eigenvalue weighted by Crippen LogP contribution is 2.30. The molecule has 11 heteroatoms. The van der Waals surface area contributed by atoms with E-state index in [1.54, 1.807) is 0 Å². The average molecular weight is 411 g/mol. The predicted octanol–water partition coefficient (Wildman–Crippen LogP) is 3.41. The molecule has 28 heavy (non-hydrogen) atoms. The molecule has 0 atom stereocenters. The van der Waals surface area contributed by atoms with Crippen molar-refractivity contribution in [2.45, 2.75) is 11.1 Å². The topological polar surface area (TPSA) is 102 Å². The van der Waals surface area contributed by atoms with Gasteiger partial charge >= 0.3 is 12.2 Å². The number of nitrogens with one attached hydrogen (secondary N) is 1. The molecule has 0 bridgehead atoms. The molecule has 1 aromatic heterocycles. The molecular formula is C17H12F3N3O4S. The van der Waals surface area contributed by atoms with Crippen LogP contribution in [0.5, 0.6) is 0 Å². The number of rotatable bonds is 4. The Bertz CT molecular complexity index is 1140. The predicted molar refractivity (Wildman–Crippen MR) is 92.2 cm³/mol. The zero-order chi connectivity index (χ0) is 20.5. The molecule has 0 unspecified atom stereocenters. The summed E-state index contributed by atoms with van der Waals surface area (Å²) in [6.45, 7) is 0. The maximum absolute atomic E-state index is 12.8. The number of alkyl halides is 3. The summed E-state index contributed by atoms with van der Waals surface area (Å²) in [6.07, 6.45) is -3.54. The van der Waals surface area contributed by atoms with Gasteiger partial charge in [-0.1, -0.05) is 17.2 Å². The molecule has 0 aliphatic rings. The van der Waals surface area contributed by atoms with E-state index in [2.05, 4.69) is 15.5 Å². The van der Waals surface area contributed by atoms with Gasteiger partial charge in [0.1, 0.15) is 0 Å². The van der Waals surface area contributed by atoms with Gasteiger partial charge in [0, 0.05) is 17.4 Å². The Morgan fingerprint density at radius 2 is 1.79 bits per heavy atom. The first-order chi connectivity index (χ1) is 13.0. The van der Waals surface area contributed by atoms with Crippen LogP contribution in [0.1, 0.15) is 15.9 Å². The van der Waals surface area contributed by atoms with Gasteiger partial charge in [-0.05, 0) is 36.4 Å². The second-order valence-corrected chi connectivity index (χ2v) is 7.76. The molecule has 146 valence electrons. The monoisotopic (exact) mass is 411 g/mol. The highest BCUT2D eigenvalue weighted by atomic mass is 32.2. The second kappa shape index (κ2) is 7.08. The van der Waals surface area contributed by atoms with Crippen LogP contribution >= 0.6 is 0 Å². The summed E-state index contributed by atoms with van der Waals surface area (Å²) in [7, 11) is -3.45. The first-order valence-electron chi connectivity index (χ1n) is 7.66. The lowest BCUT2D eigenvalue weighted by Crippen LogP contribution is -2.14. The third kappa shape index (κ3) is 4.36. The Hall–Kier alpha value is -3.21. The highest BCUT2D eigenvalue weighted by Gasteiger charge is 2.31. The van der Waals surface area contributed by atoms with Gasteiger partial charge in [0.25, 0.3) is 5.91 Å². The minimum Gasteiger partial charge on any atom is -0.403 e. The van der Waals surface area contributed by atoms with E-state index >= 15 is 0 Å². The van der Waals surface area contributed by atoms with Crippen molar-refractivity contribution in [3.63, 3.8) is 0 Å². The summed E-state index contributed by atoms with van der Waals surface area (Å²) in [6, 6.07) is 9.23. The first-order valence-corrected chi connectivity index (χ1v) is 9.56. The summed E-state index contributed by atoms with van der Waals surface area (Å²) in [5, 5.41) is 9.51. The fourth-order valence-electron chi connectivity index (χ4n) is 2.26. The van der Waals surface area contributed by atoms with Gasteiger partial charge in [-0.25, -0.2) is 8.42 Å². The summed E-state index contributed by atoms with van der Waals surface area (Å²) < 4.78 is 66.7. The van der Waals surface area contributed by atoms with E-state index in [9.17, 15) is 26.4 Å². The van der Waals surface area contributed by atoms with Crippen molar-refractivity contribution in [2.75, 3.05) is 11.6 Å². The van der Waals surface area contributed by atoms with Crippen LogP contribution in [0.2, 0.25) is 0 Å². The van der Waals surface area contributed by atoms with Gasteiger partial charge < -0.3 is 4.42 Å². The Balaban J connectivity index is 1.81. The SMILES string of the molecule is CS(=O)(=O)c1cccc(-c2nnc(NC(=O)c3cccc(C(F)(F)F)c3)o2)c1. The van der Waals surface area contributed by atoms with E-state index in [1.807, 2.05) is 0 Å². The van der Waals surface area contributed by atoms with Crippen LogP contribution in [-0.4, -0.2) is 30.8 Å². The van der Waals surface area contributed by atoms with Gasteiger partial charge in [-0.3, -0.25) is 10.1 Å². The number of carbonyl (C=O) groups excluding carboxylic acids is 1. The zero-order valence-corrected chi connectivity index (χ0v) is 15.0. The molecule has 1 N–H and O–H groups in total. The molecule has 0 aliphatic heterocycles. The molecule has 0 aliphatic carbocycles. The quantitative estimate of drug-likeness (QED) is 0.706. The van der Waals surface area contributed by atoms with Crippen LogP contribution in [0, 0.1) is 0 Å². The highest BCUT2D eigenvalue weighted by molar-refractivity contribution is 7.90. The van der Waals surface area contributed by atoms with Crippen LogP contribution in [0.15, 0.2) is 57.8 Å². The van der Waals surface area contributed by atoms with E-state index in [0.29, 0.717) is 11.6 Å². The van der Waals surface area contributed by atoms with Gasteiger partial charge in [0.2, 0.25) is 5.89 Å². The van der Waals surface area contributed by atoms with E-state index in [0.717, 1.165) is 18.4 Å². The number of hydrogen-bond acceptors (Lipinski definition) is 6. The summed E-state index contributed by atoms with van der Waals surface area (Å²) in [5.41, 5.74) is -0.910. The van der Waals surface area contributed by atoms with E-state index < -0.39 is 27.5 Å². The van der Waals surface area contributed by atoms with Crippen LogP contribution in [0.3, 0.4) is 0 Å². The lowest BCUT2D eigenvalue weighted by molar-refractivity contribution is -0.137. The summed E-state index contributed by atoms with van der Waals surface area (Å²) in [5.74, 6) is -0.934. The number of benzene rings is 2. The number of amides is 1. The zero-order valence-electron chi connectivity index (χ0n) is 14.2. The molecule has 3 aromatic rings. The molecule has 2 aromatic carbocycles. The maximum atomic E-state index is 12.8. The number of aromatic nitrogens is 2. The van der Waals surface area contributed by atoms with Crippen molar-refractivity contribution >= 4 is 21.8 Å². The summed E-state index contributed by atoms with van der Waals surface area (Å²) >= 11 is 0. The maximum Gasteiger partial charge on any atom is 0.416 e. The van der Waals surface area contributed by atoms with Gasteiger partial charge in [0.15, 0.2) is 9.84 Å². The molecular weight excluding hydrogens is 399 g/mol. The largest absolute Gasteiger partial charge is 0.416 e. The number of sulfone groups is 1. The molecule has 0 fully saturated rings. The molecule has 7 nitrogen and oxygen atoms in total. The smallest absolute Gasteiger partial charge is 0.403 e. The Morgan fingerprint density at radius 3 is 2.46 bits per heavy atom. The summed E-state index contributed by atoms with van der Waals surface area (Å²) in [4.78, 5) is 12.2. The van der Waals surface area contributed by atoms with Crippen LogP contribution in [-0.2, 0) is 16.0 Å². The Morgan fingerprint density at radius 1 is 1.07 bits per heavy atom. The lowest BCUT2D eigenvalue weighted by Gasteiger charge is -2.07. The van der Waals surface area contributed by atoms with Gasteiger partial charge in [-0.15, -0.1) is 5.10 Å². The van der Waals surface area contributed by atoms with Crippen molar-refractivity contribution < 1.29 is 30.8 Å². The van der Waals surface area contributed by atoms with E-state index in [1.165, 1.54) is 30.3 Å². The minimum atomic E-state index is -4.58. The second-order valence-electron chi connectivity index (χ2n) is 5.75. The molecule has 1 amide bonds. The van der Waals surface area contributed by atoms with Gasteiger partial charge in [-0.2, -0.15) is 13.2 Å². The van der Waals surface area contributed by atoms with Crippen molar-refractivity contribution in [3.05, 3.63) is 59.7 Å².